The molecule has 3 fully saturated rings. The number of benzene rings is 2. The second kappa shape index (κ2) is 18.4. The monoisotopic (exact) mass is 834 g/mol. The van der Waals surface area contributed by atoms with Crippen LogP contribution in [0.3, 0.4) is 0 Å². The first-order valence-electron chi connectivity index (χ1n) is 21.3. The van der Waals surface area contributed by atoms with Crippen LogP contribution in [-0.4, -0.2) is 105 Å². The van der Waals surface area contributed by atoms with Gasteiger partial charge in [0.25, 0.3) is 0 Å². The fraction of sp³-hybridized carbons (Fsp3) is 0.522. The third-order valence-electron chi connectivity index (χ3n) is 13.1. The Morgan fingerprint density at radius 2 is 1.36 bits per heavy atom. The van der Waals surface area contributed by atoms with Gasteiger partial charge in [-0.25, -0.2) is 19.6 Å². The van der Waals surface area contributed by atoms with Crippen molar-refractivity contribution in [2.75, 3.05) is 27.4 Å². The number of hydrogen-bond acceptors (Lipinski definition) is 9. The van der Waals surface area contributed by atoms with E-state index in [1.165, 1.54) is 14.2 Å². The highest BCUT2D eigenvalue weighted by Crippen LogP contribution is 2.41. The first kappa shape index (κ1) is 43.2. The second-order valence-electron chi connectivity index (χ2n) is 17.2. The van der Waals surface area contributed by atoms with Crippen molar-refractivity contribution in [3.05, 3.63) is 71.7 Å². The zero-order valence-corrected chi connectivity index (χ0v) is 36.3. The van der Waals surface area contributed by atoms with Gasteiger partial charge in [0, 0.05) is 36.4 Å². The Bertz CT molecular complexity index is 2300. The van der Waals surface area contributed by atoms with Gasteiger partial charge in [0.15, 0.2) is 0 Å². The molecule has 4 aromatic rings. The average Bonchev–Trinajstić information content (AvgIpc) is 4.07. The molecule has 0 spiro atoms. The zero-order chi connectivity index (χ0) is 43.5. The van der Waals surface area contributed by atoms with E-state index in [1.807, 2.05) is 68.0 Å². The van der Waals surface area contributed by atoms with Gasteiger partial charge < -0.3 is 44.6 Å². The number of nitrogens with one attached hydrogen (secondary N) is 4. The minimum Gasteiger partial charge on any atom is -0.453 e. The Morgan fingerprint density at radius 1 is 0.770 bits per heavy atom. The normalized spacial score (nSPS) is 24.0. The minimum atomic E-state index is -0.725. The van der Waals surface area contributed by atoms with Crippen LogP contribution in [0.4, 0.5) is 9.59 Å². The Morgan fingerprint density at radius 3 is 2.02 bits per heavy atom. The van der Waals surface area contributed by atoms with E-state index in [1.54, 1.807) is 6.20 Å². The Kier molecular flexibility index (Phi) is 13.0. The summed E-state index contributed by atoms with van der Waals surface area (Å²) < 4.78 is 15.3. The van der Waals surface area contributed by atoms with Crippen molar-refractivity contribution in [2.45, 2.75) is 103 Å². The van der Waals surface area contributed by atoms with E-state index in [0.717, 1.165) is 40.4 Å². The smallest absolute Gasteiger partial charge is 0.407 e. The molecular formula is C46H58N8O7. The highest BCUT2D eigenvalue weighted by atomic mass is 16.5. The topological polar surface area (TPSA) is 184 Å². The summed E-state index contributed by atoms with van der Waals surface area (Å²) in [4.78, 5) is 72.8. The molecule has 1 unspecified atom stereocenters. The third kappa shape index (κ3) is 9.10. The fourth-order valence-electron chi connectivity index (χ4n) is 9.13. The number of likely N-dealkylation sites (tertiary alicyclic amines) is 2. The first-order valence-corrected chi connectivity index (χ1v) is 21.3. The minimum absolute atomic E-state index is 0.0421. The molecule has 2 aromatic heterocycles. The fourth-order valence-corrected chi connectivity index (χ4v) is 9.13. The number of aromatic nitrogens is 4. The molecule has 0 radical (unpaired) electrons. The van der Waals surface area contributed by atoms with Gasteiger partial charge in [-0.1, -0.05) is 51.8 Å². The number of hydrogen-bond donors (Lipinski definition) is 4. The summed E-state index contributed by atoms with van der Waals surface area (Å²) in [6, 6.07) is 10.2. The van der Waals surface area contributed by atoms with Gasteiger partial charge in [-0.05, 0) is 98.1 Å². The summed E-state index contributed by atoms with van der Waals surface area (Å²) >= 11 is 0. The number of alkyl carbamates (subject to hydrolysis) is 2. The molecule has 3 aliphatic heterocycles. The van der Waals surface area contributed by atoms with Gasteiger partial charge in [-0.15, -0.1) is 0 Å². The maximum absolute atomic E-state index is 14.3. The summed E-state index contributed by atoms with van der Waals surface area (Å²) in [7, 11) is 2.60. The summed E-state index contributed by atoms with van der Waals surface area (Å²) in [6.07, 6.45) is 5.07. The van der Waals surface area contributed by atoms with Gasteiger partial charge in [0.2, 0.25) is 11.8 Å². The third-order valence-corrected chi connectivity index (χ3v) is 13.1. The van der Waals surface area contributed by atoms with Crippen LogP contribution in [0.5, 0.6) is 0 Å². The highest BCUT2D eigenvalue weighted by Gasteiger charge is 2.46. The van der Waals surface area contributed by atoms with Crippen LogP contribution < -0.4 is 10.6 Å². The molecule has 0 bridgehead atoms. The predicted molar refractivity (Wildman–Crippen MR) is 229 cm³/mol. The van der Waals surface area contributed by atoms with Gasteiger partial charge >= 0.3 is 12.2 Å². The van der Waals surface area contributed by atoms with Crippen molar-refractivity contribution < 1.29 is 33.4 Å². The van der Waals surface area contributed by atoms with Crippen LogP contribution in [0.25, 0.3) is 22.0 Å². The second-order valence-corrected chi connectivity index (χ2v) is 17.2. The van der Waals surface area contributed by atoms with E-state index in [0.29, 0.717) is 43.4 Å². The summed E-state index contributed by atoms with van der Waals surface area (Å²) in [5, 5.41) is 7.62. The molecule has 7 rings (SSSR count). The largest absolute Gasteiger partial charge is 0.453 e. The van der Waals surface area contributed by atoms with Gasteiger partial charge in [0.05, 0.1) is 44.4 Å². The number of imidazole rings is 2. The number of nitrogens with zero attached hydrogens (tertiary/aromatic N) is 4. The molecule has 3 aliphatic rings. The van der Waals surface area contributed by atoms with Crippen LogP contribution in [0.2, 0.25) is 0 Å². The van der Waals surface area contributed by atoms with Crippen molar-refractivity contribution in [3.63, 3.8) is 0 Å². The molecule has 15 heteroatoms. The van der Waals surface area contributed by atoms with E-state index in [-0.39, 0.29) is 59.7 Å². The zero-order valence-electron chi connectivity index (χ0n) is 36.3. The molecule has 15 nitrogen and oxygen atoms in total. The molecular weight excluding hydrogens is 777 g/mol. The van der Waals surface area contributed by atoms with Gasteiger partial charge in [0.1, 0.15) is 29.4 Å². The van der Waals surface area contributed by atoms with Crippen molar-refractivity contribution in [3.8, 4) is 23.1 Å². The number of ether oxygens (including phenoxy) is 3. The van der Waals surface area contributed by atoms with Crippen LogP contribution in [-0.2, 0) is 23.8 Å². The molecule has 5 heterocycles. The van der Waals surface area contributed by atoms with Crippen molar-refractivity contribution >= 4 is 34.8 Å². The lowest BCUT2D eigenvalue weighted by Gasteiger charge is -2.36. The molecule has 2 aromatic carbocycles. The van der Waals surface area contributed by atoms with Crippen molar-refractivity contribution in [1.29, 1.82) is 0 Å². The number of rotatable bonds is 9. The first-order chi connectivity index (χ1) is 29.3. The molecule has 4 N–H and O–H groups in total. The molecule has 0 saturated carbocycles. The summed E-state index contributed by atoms with van der Waals surface area (Å²) in [6.45, 7) is 13.3. The number of H-pyrrole nitrogens is 2. The van der Waals surface area contributed by atoms with Crippen LogP contribution in [0, 0.1) is 35.5 Å². The quantitative estimate of drug-likeness (QED) is 0.137. The van der Waals surface area contributed by atoms with E-state index in [2.05, 4.69) is 58.4 Å². The number of carbonyl (C=O) groups is 4. The Hall–Kier alpha value is -5.88. The molecule has 61 heavy (non-hydrogen) atoms. The number of amides is 4. The Labute approximate surface area is 357 Å². The molecule has 8 atom stereocenters. The number of methoxy groups -OCH3 is 2. The number of fused-ring (bicyclic) bond motifs is 1. The molecule has 324 valence electrons. The lowest BCUT2D eigenvalue weighted by atomic mass is 9.90. The average molecular weight is 835 g/mol. The van der Waals surface area contributed by atoms with Crippen molar-refractivity contribution in [2.24, 2.45) is 23.7 Å². The number of aromatic amines is 2. The van der Waals surface area contributed by atoms with Crippen LogP contribution >= 0.6 is 0 Å². The maximum atomic E-state index is 14.3. The standard InChI is InChI=1S/C46H58N8O7/c1-25(2)39(51-45(57)59-7)43(55)53-28(5)27(4)20-38(53)42-48-24-36(50-42)34-13-12-32-21-30(9-11-33(32)22-34)10-14-35-23-47-41(49-35)37-19-26(3)29(6)54(37)44(56)40(52-46(58)60-8)31-15-17-61-18-16-31/h9,11-13,21-29,31,37-40H,15-20H2,1-8H3,(H,47,49)(H,48,50)(H,51,57)(H,52,58)/t26?,27-,28-,29-,37+,38+,39+,40+/m1/s1. The summed E-state index contributed by atoms with van der Waals surface area (Å²) in [5.74, 6) is 7.84. The highest BCUT2D eigenvalue weighted by molar-refractivity contribution is 5.89. The molecule has 4 amide bonds. The van der Waals surface area contributed by atoms with Crippen LogP contribution in [0.15, 0.2) is 48.8 Å². The van der Waals surface area contributed by atoms with E-state index < -0.39 is 24.3 Å². The SMILES string of the molecule is COC(=O)N[C@H](C(=O)N1[C@H](C)[C@H](C)C[C@H]1c1ncc(-c2ccc3cc(C#Cc4cnc([C@@H]5CC(C)[C@@H](C)N5C(=O)[C@@H](NC(=O)OC)C5CCOCC5)[nH]4)ccc3c2)[nH]1)C(C)C. The Balaban J connectivity index is 1.06. The van der Waals surface area contributed by atoms with E-state index in [9.17, 15) is 19.2 Å². The maximum Gasteiger partial charge on any atom is 0.407 e. The molecule has 3 saturated heterocycles. The van der Waals surface area contributed by atoms with Gasteiger partial charge in [-0.3, -0.25) is 9.59 Å². The van der Waals surface area contributed by atoms with Crippen LogP contribution in [0.1, 0.15) is 102 Å². The summed E-state index contributed by atoms with van der Waals surface area (Å²) in [5.41, 5.74) is 3.28. The lowest BCUT2D eigenvalue weighted by molar-refractivity contribution is -0.139. The number of carbonyl (C=O) groups excluding carboxylic acids is 4. The predicted octanol–water partition coefficient (Wildman–Crippen LogP) is 6.48. The van der Waals surface area contributed by atoms with Gasteiger partial charge in [-0.2, -0.15) is 0 Å². The molecule has 0 aliphatic carbocycles. The van der Waals surface area contributed by atoms with Crippen molar-refractivity contribution in [1.82, 2.24) is 40.4 Å². The lowest BCUT2D eigenvalue weighted by Crippen LogP contribution is -2.54. The van der Waals surface area contributed by atoms with E-state index in [4.69, 9.17) is 24.2 Å². The van der Waals surface area contributed by atoms with E-state index >= 15 is 0 Å².